The van der Waals surface area contributed by atoms with E-state index in [2.05, 4.69) is 14.7 Å². The van der Waals surface area contributed by atoms with Crippen LogP contribution in [0.2, 0.25) is 5.28 Å². The number of carbonyl (C=O) groups is 1. The third-order valence-corrected chi connectivity index (χ3v) is 2.54. The summed E-state index contributed by atoms with van der Waals surface area (Å²) in [6, 6.07) is -0.914. The number of amides is 1. The molecule has 2 rings (SSSR count). The van der Waals surface area contributed by atoms with Crippen molar-refractivity contribution < 1.29 is 18.3 Å². The van der Waals surface area contributed by atoms with Crippen molar-refractivity contribution in [1.29, 1.82) is 0 Å². The summed E-state index contributed by atoms with van der Waals surface area (Å²) >= 11 is 5.51. The van der Waals surface area contributed by atoms with Crippen molar-refractivity contribution in [1.82, 2.24) is 9.97 Å². The van der Waals surface area contributed by atoms with E-state index in [1.165, 1.54) is 6.92 Å². The summed E-state index contributed by atoms with van der Waals surface area (Å²) in [6.45, 7) is 1.10. The van der Waals surface area contributed by atoms with Crippen LogP contribution < -0.4 is 4.90 Å². The van der Waals surface area contributed by atoms with Crippen LogP contribution in [0.5, 0.6) is 0 Å². The van der Waals surface area contributed by atoms with Gasteiger partial charge in [-0.15, -0.1) is 0 Å². The first-order valence-corrected chi connectivity index (χ1v) is 5.16. The van der Waals surface area contributed by atoms with E-state index in [0.29, 0.717) is 0 Å². The fourth-order valence-electron chi connectivity index (χ4n) is 1.52. The van der Waals surface area contributed by atoms with Gasteiger partial charge in [0.05, 0.1) is 6.20 Å². The van der Waals surface area contributed by atoms with E-state index in [-0.39, 0.29) is 17.7 Å². The zero-order valence-corrected chi connectivity index (χ0v) is 9.49. The van der Waals surface area contributed by atoms with E-state index in [4.69, 9.17) is 11.6 Å². The maximum atomic E-state index is 13.5. The van der Waals surface area contributed by atoms with Gasteiger partial charge in [-0.3, -0.25) is 0 Å². The van der Waals surface area contributed by atoms with Gasteiger partial charge in [0, 0.05) is 0 Å². The first kappa shape index (κ1) is 12.0. The quantitative estimate of drug-likeness (QED) is 0.766. The van der Waals surface area contributed by atoms with Gasteiger partial charge < -0.3 is 4.74 Å². The number of hydrogen-bond acceptors (Lipinski definition) is 4. The number of ether oxygens (including phenoxy) is 1. The van der Waals surface area contributed by atoms with Gasteiger partial charge >= 0.3 is 6.09 Å². The van der Waals surface area contributed by atoms with E-state index >= 15 is 0 Å². The van der Waals surface area contributed by atoms with Gasteiger partial charge in [-0.05, 0) is 18.5 Å². The molecule has 1 aliphatic rings. The lowest BCUT2D eigenvalue weighted by Crippen LogP contribution is -2.40. The van der Waals surface area contributed by atoms with Crippen molar-refractivity contribution in [3.8, 4) is 0 Å². The molecule has 5 nitrogen and oxygen atoms in total. The van der Waals surface area contributed by atoms with Gasteiger partial charge in [0.25, 0.3) is 0 Å². The Morgan fingerprint density at radius 1 is 1.71 bits per heavy atom. The molecule has 8 heteroatoms. The third-order valence-electron chi connectivity index (χ3n) is 2.36. The number of halogens is 3. The van der Waals surface area contributed by atoms with Gasteiger partial charge in [-0.1, -0.05) is 0 Å². The molecule has 0 N–H and O–H groups in total. The summed E-state index contributed by atoms with van der Waals surface area (Å²) in [6.07, 6.45) is -1.42. The largest absolute Gasteiger partial charge is 0.447 e. The standard InChI is InChI=1S/C9H8ClF2N3O2/c1-4(11)6-3-17-9(16)15(6)7-5(12)2-13-8(10)14-7/h2,4,6H,3H2,1H3/t4-,6+/m0/s1. The fraction of sp³-hybridized carbons (Fsp3) is 0.444. The van der Waals surface area contributed by atoms with Gasteiger partial charge in [0.2, 0.25) is 5.28 Å². The predicted octanol–water partition coefficient (Wildman–Crippen LogP) is 1.95. The number of hydrogen-bond donors (Lipinski definition) is 0. The molecule has 1 aromatic heterocycles. The van der Waals surface area contributed by atoms with E-state index in [0.717, 1.165) is 11.1 Å². The van der Waals surface area contributed by atoms with E-state index < -0.39 is 24.1 Å². The number of alkyl halides is 1. The molecule has 17 heavy (non-hydrogen) atoms. The molecule has 0 spiro atoms. The van der Waals surface area contributed by atoms with Crippen molar-refractivity contribution in [3.05, 3.63) is 17.3 Å². The lowest BCUT2D eigenvalue weighted by molar-refractivity contribution is 0.174. The Morgan fingerprint density at radius 2 is 2.41 bits per heavy atom. The first-order chi connectivity index (χ1) is 8.00. The minimum Gasteiger partial charge on any atom is -0.447 e. The second-order valence-corrected chi connectivity index (χ2v) is 3.84. The Hall–Kier alpha value is -1.50. The Balaban J connectivity index is 2.42. The molecule has 1 saturated heterocycles. The molecule has 0 bridgehead atoms. The molecule has 92 valence electrons. The van der Waals surface area contributed by atoms with Crippen LogP contribution in [-0.2, 0) is 4.74 Å². The van der Waals surface area contributed by atoms with E-state index in [1.807, 2.05) is 0 Å². The number of nitrogens with zero attached hydrogens (tertiary/aromatic N) is 3. The van der Waals surface area contributed by atoms with Crippen molar-refractivity contribution in [3.63, 3.8) is 0 Å². The molecular formula is C9H8ClF2N3O2. The van der Waals surface area contributed by atoms with Gasteiger partial charge in [-0.2, -0.15) is 4.98 Å². The molecule has 0 radical (unpaired) electrons. The summed E-state index contributed by atoms with van der Waals surface area (Å²) in [7, 11) is 0. The fourth-order valence-corrected chi connectivity index (χ4v) is 1.65. The Kier molecular flexibility index (Phi) is 3.10. The van der Waals surface area contributed by atoms with Gasteiger partial charge in [-0.25, -0.2) is 23.5 Å². The zero-order valence-electron chi connectivity index (χ0n) is 8.73. The molecule has 0 aromatic carbocycles. The lowest BCUT2D eigenvalue weighted by atomic mass is 10.2. The molecule has 1 aromatic rings. The maximum absolute atomic E-state index is 13.5. The molecular weight excluding hydrogens is 256 g/mol. The highest BCUT2D eigenvalue weighted by Gasteiger charge is 2.40. The second-order valence-electron chi connectivity index (χ2n) is 3.50. The Labute approximate surface area is 100 Å². The topological polar surface area (TPSA) is 55.3 Å². The number of carbonyl (C=O) groups excluding carboxylic acids is 1. The minimum absolute atomic E-state index is 0.155. The predicted molar refractivity (Wildman–Crippen MR) is 55.2 cm³/mol. The molecule has 2 atom stereocenters. The maximum Gasteiger partial charge on any atom is 0.416 e. The molecule has 2 heterocycles. The van der Waals surface area contributed by atoms with Gasteiger partial charge in [0.15, 0.2) is 11.6 Å². The summed E-state index contributed by atoms with van der Waals surface area (Å²) in [4.78, 5) is 19.2. The highest BCUT2D eigenvalue weighted by Crippen LogP contribution is 2.26. The number of anilines is 1. The Bertz CT molecular complexity index is 458. The molecule has 1 amide bonds. The highest BCUT2D eigenvalue weighted by molar-refractivity contribution is 6.28. The van der Waals surface area contributed by atoms with E-state index in [9.17, 15) is 13.6 Å². The van der Waals surface area contributed by atoms with Crippen LogP contribution in [-0.4, -0.2) is 34.9 Å². The number of aromatic nitrogens is 2. The second kappa shape index (κ2) is 4.40. The van der Waals surface area contributed by atoms with Crippen LogP contribution in [0.25, 0.3) is 0 Å². The molecule has 0 aliphatic carbocycles. The average molecular weight is 264 g/mol. The van der Waals surface area contributed by atoms with Crippen LogP contribution in [0.3, 0.4) is 0 Å². The van der Waals surface area contributed by atoms with Gasteiger partial charge in [0.1, 0.15) is 18.8 Å². The van der Waals surface area contributed by atoms with Crippen molar-refractivity contribution >= 4 is 23.5 Å². The molecule has 1 aliphatic heterocycles. The lowest BCUT2D eigenvalue weighted by Gasteiger charge is -2.21. The normalized spacial score (nSPS) is 21.5. The molecule has 0 unspecified atom stereocenters. The number of rotatable bonds is 2. The molecule has 1 fully saturated rings. The van der Waals surface area contributed by atoms with Crippen molar-refractivity contribution in [2.24, 2.45) is 0 Å². The summed E-state index contributed by atoms with van der Waals surface area (Å²) in [5.41, 5.74) is 0. The van der Waals surface area contributed by atoms with Crippen LogP contribution in [0.15, 0.2) is 6.20 Å². The summed E-state index contributed by atoms with van der Waals surface area (Å²) < 4.78 is 31.4. The molecule has 0 saturated carbocycles. The van der Waals surface area contributed by atoms with Crippen LogP contribution in [0.1, 0.15) is 6.92 Å². The smallest absolute Gasteiger partial charge is 0.416 e. The monoisotopic (exact) mass is 263 g/mol. The summed E-state index contributed by atoms with van der Waals surface area (Å²) in [5.74, 6) is -1.24. The highest BCUT2D eigenvalue weighted by atomic mass is 35.5. The summed E-state index contributed by atoms with van der Waals surface area (Å²) in [5, 5.41) is -0.230. The Morgan fingerprint density at radius 3 is 3.06 bits per heavy atom. The minimum atomic E-state index is -1.38. The van der Waals surface area contributed by atoms with Crippen LogP contribution >= 0.6 is 11.6 Å². The van der Waals surface area contributed by atoms with E-state index in [1.54, 1.807) is 0 Å². The average Bonchev–Trinajstić information content (AvgIpc) is 2.64. The first-order valence-electron chi connectivity index (χ1n) is 4.79. The zero-order chi connectivity index (χ0) is 12.6. The number of cyclic esters (lactones) is 1. The van der Waals surface area contributed by atoms with Crippen molar-refractivity contribution in [2.75, 3.05) is 11.5 Å². The third kappa shape index (κ3) is 2.14. The van der Waals surface area contributed by atoms with Crippen LogP contribution in [0.4, 0.5) is 19.4 Å². The SMILES string of the molecule is C[C@H](F)[C@H]1COC(=O)N1c1nc(Cl)ncc1F. The van der Waals surface area contributed by atoms with Crippen LogP contribution in [0, 0.1) is 5.82 Å². The van der Waals surface area contributed by atoms with Crippen molar-refractivity contribution in [2.45, 2.75) is 19.1 Å².